The lowest BCUT2D eigenvalue weighted by molar-refractivity contribution is 1.19. The van der Waals surface area contributed by atoms with E-state index in [1.807, 2.05) is 17.5 Å². The Morgan fingerprint density at radius 3 is 2.02 bits per heavy atom. The second kappa shape index (κ2) is 9.01. The molecule has 5 aromatic heterocycles. The predicted molar refractivity (Wildman–Crippen MR) is 196 cm³/mol. The van der Waals surface area contributed by atoms with Crippen molar-refractivity contribution in [1.29, 1.82) is 0 Å². The molecule has 11 rings (SSSR count). The van der Waals surface area contributed by atoms with Gasteiger partial charge in [0.15, 0.2) is 0 Å². The maximum atomic E-state index is 4.79. The number of fused-ring (bicyclic) bond motifs is 15. The first-order valence-corrected chi connectivity index (χ1v) is 17.0. The summed E-state index contributed by atoms with van der Waals surface area (Å²) in [6.45, 7) is 0. The predicted octanol–water partition coefficient (Wildman–Crippen LogP) is 11.4. The zero-order valence-corrected chi connectivity index (χ0v) is 25.9. The monoisotopic (exact) mass is 622 g/mol. The number of nitrogens with zero attached hydrogens (tertiary/aromatic N) is 4. The average Bonchev–Trinajstić information content (AvgIpc) is 3.86. The van der Waals surface area contributed by atoms with E-state index >= 15 is 0 Å². The molecule has 6 aromatic carbocycles. The maximum absolute atomic E-state index is 4.79. The molecule has 0 spiro atoms. The highest BCUT2D eigenvalue weighted by Gasteiger charge is 2.27. The average molecular weight is 623 g/mol. The Morgan fingerprint density at radius 1 is 0.478 bits per heavy atom. The molecule has 0 aliphatic rings. The van der Waals surface area contributed by atoms with E-state index in [4.69, 9.17) is 4.98 Å². The number of rotatable bonds is 2. The fourth-order valence-corrected chi connectivity index (χ4v) is 10.1. The number of hydrogen-bond donors (Lipinski definition) is 0. The highest BCUT2D eigenvalue weighted by Crippen LogP contribution is 2.51. The van der Waals surface area contributed by atoms with Crippen LogP contribution in [-0.4, -0.2) is 19.1 Å². The van der Waals surface area contributed by atoms with Crippen LogP contribution in [0.2, 0.25) is 0 Å². The molecule has 0 fully saturated rings. The lowest BCUT2D eigenvalue weighted by atomic mass is 10.0. The van der Waals surface area contributed by atoms with Gasteiger partial charge in [-0.25, -0.2) is 9.97 Å². The summed E-state index contributed by atoms with van der Waals surface area (Å²) < 4.78 is 8.84. The van der Waals surface area contributed by atoms with E-state index in [-0.39, 0.29) is 0 Å². The molecule has 0 saturated heterocycles. The zero-order valence-electron chi connectivity index (χ0n) is 24.3. The van der Waals surface area contributed by atoms with Crippen LogP contribution in [0.25, 0.3) is 95.5 Å². The summed E-state index contributed by atoms with van der Waals surface area (Å²) in [5, 5.41) is 9.92. The maximum Gasteiger partial charge on any atom is 0.127 e. The number of benzene rings is 6. The first kappa shape index (κ1) is 24.7. The van der Waals surface area contributed by atoms with Gasteiger partial charge in [-0.05, 0) is 36.4 Å². The van der Waals surface area contributed by atoms with Crippen molar-refractivity contribution in [1.82, 2.24) is 19.1 Å². The summed E-state index contributed by atoms with van der Waals surface area (Å²) in [6, 6.07) is 44.1. The molecule has 214 valence electrons. The minimum absolute atomic E-state index is 1.01. The Balaban J connectivity index is 1.49. The summed E-state index contributed by atoms with van der Waals surface area (Å²) in [5.74, 6) is 0. The van der Waals surface area contributed by atoms with E-state index in [2.05, 4.69) is 135 Å². The van der Waals surface area contributed by atoms with Crippen LogP contribution in [0, 0.1) is 0 Å². The highest BCUT2D eigenvalue weighted by molar-refractivity contribution is 7.27. The van der Waals surface area contributed by atoms with E-state index in [1.165, 1.54) is 79.6 Å². The van der Waals surface area contributed by atoms with Gasteiger partial charge < -0.3 is 9.13 Å². The fraction of sp³-hybridized carbons (Fsp3) is 0. The molecule has 11 aromatic rings. The Kier molecular flexibility index (Phi) is 4.84. The summed E-state index contributed by atoms with van der Waals surface area (Å²) >= 11 is 3.65. The number of thiophene rings is 2. The lowest BCUT2D eigenvalue weighted by Gasteiger charge is -2.12. The van der Waals surface area contributed by atoms with E-state index in [0.717, 1.165) is 15.9 Å². The Hall–Kier alpha value is -5.56. The van der Waals surface area contributed by atoms with Gasteiger partial charge in [0.2, 0.25) is 0 Å². The van der Waals surface area contributed by atoms with Gasteiger partial charge >= 0.3 is 0 Å². The molecule has 0 N–H and O–H groups in total. The van der Waals surface area contributed by atoms with Crippen LogP contribution in [0.3, 0.4) is 0 Å². The van der Waals surface area contributed by atoms with Gasteiger partial charge in [0.1, 0.15) is 11.2 Å². The molecule has 0 bridgehead atoms. The van der Waals surface area contributed by atoms with Crippen molar-refractivity contribution in [3.8, 4) is 11.4 Å². The van der Waals surface area contributed by atoms with E-state index in [0.29, 0.717) is 0 Å². The molecule has 0 amide bonds. The first-order chi connectivity index (χ1) is 22.9. The first-order valence-electron chi connectivity index (χ1n) is 15.3. The molecule has 0 saturated carbocycles. The Labute approximate surface area is 270 Å². The largest absolute Gasteiger partial charge is 0.308 e. The molecule has 4 nitrogen and oxygen atoms in total. The van der Waals surface area contributed by atoms with Gasteiger partial charge in [-0.2, -0.15) is 0 Å². The van der Waals surface area contributed by atoms with Gasteiger partial charge in [0, 0.05) is 59.7 Å². The highest BCUT2D eigenvalue weighted by atomic mass is 32.1. The van der Waals surface area contributed by atoms with Crippen molar-refractivity contribution < 1.29 is 0 Å². The molecule has 0 unspecified atom stereocenters. The fourth-order valence-electron chi connectivity index (χ4n) is 7.68. The minimum atomic E-state index is 1.01. The van der Waals surface area contributed by atoms with Crippen LogP contribution in [0.15, 0.2) is 134 Å². The van der Waals surface area contributed by atoms with Crippen molar-refractivity contribution in [3.63, 3.8) is 0 Å². The van der Waals surface area contributed by atoms with Crippen molar-refractivity contribution in [2.24, 2.45) is 0 Å². The second-order valence-electron chi connectivity index (χ2n) is 11.8. The van der Waals surface area contributed by atoms with Crippen LogP contribution < -0.4 is 0 Å². The molecule has 5 heterocycles. The molecule has 46 heavy (non-hydrogen) atoms. The normalized spacial score (nSPS) is 12.3. The van der Waals surface area contributed by atoms with Crippen molar-refractivity contribution in [2.75, 3.05) is 0 Å². The van der Waals surface area contributed by atoms with Gasteiger partial charge in [-0.1, -0.05) is 84.9 Å². The van der Waals surface area contributed by atoms with Crippen molar-refractivity contribution >= 4 is 107 Å². The van der Waals surface area contributed by atoms with Crippen LogP contribution in [0.4, 0.5) is 0 Å². The smallest absolute Gasteiger partial charge is 0.127 e. The number of aromatic nitrogens is 4. The molecule has 0 radical (unpaired) electrons. The second-order valence-corrected chi connectivity index (χ2v) is 13.8. The third-order valence-corrected chi connectivity index (χ3v) is 11.8. The van der Waals surface area contributed by atoms with E-state index in [9.17, 15) is 0 Å². The number of hydrogen-bond acceptors (Lipinski definition) is 4. The standard InChI is InChI=1S/C40H22N4S2/c1-2-11-23(12-3-1)43-29-17-7-5-15-27(29)35-36-33(34-28-21-41-22-42-40(28)46-39(34)37(35)43)26-14-4-8-18-30(26)44(36)31-19-10-16-25-24-13-6-9-20-32(24)45-38(25)31/h1-22H. The summed E-state index contributed by atoms with van der Waals surface area (Å²) in [7, 11) is 0. The van der Waals surface area contributed by atoms with Crippen LogP contribution in [-0.2, 0) is 0 Å². The van der Waals surface area contributed by atoms with Crippen LogP contribution in [0.1, 0.15) is 0 Å². The molecular weight excluding hydrogens is 601 g/mol. The summed E-state index contributed by atoms with van der Waals surface area (Å²) in [4.78, 5) is 10.3. The Bertz CT molecular complexity index is 3030. The SMILES string of the molecule is c1ccc(-n2c3ccccc3c3c2c2sc4ncncc4c2c2c4ccccc4n(-c4cccc5c4sc4ccccc45)c23)cc1. The molecular formula is C40H22N4S2. The summed E-state index contributed by atoms with van der Waals surface area (Å²) in [6.07, 6.45) is 3.67. The van der Waals surface area contributed by atoms with Gasteiger partial charge in [-0.15, -0.1) is 22.7 Å². The molecule has 6 heteroatoms. The third-order valence-electron chi connectivity index (χ3n) is 9.46. The topological polar surface area (TPSA) is 35.6 Å². The molecule has 0 aliphatic heterocycles. The van der Waals surface area contributed by atoms with Crippen molar-refractivity contribution in [3.05, 3.63) is 134 Å². The van der Waals surface area contributed by atoms with Crippen LogP contribution in [0.5, 0.6) is 0 Å². The molecule has 0 atom stereocenters. The third kappa shape index (κ3) is 3.07. The Morgan fingerprint density at radius 2 is 1.17 bits per heavy atom. The van der Waals surface area contributed by atoms with Gasteiger partial charge in [-0.3, -0.25) is 0 Å². The van der Waals surface area contributed by atoms with Gasteiger partial charge in [0.05, 0.1) is 37.2 Å². The zero-order chi connectivity index (χ0) is 29.9. The molecule has 0 aliphatic carbocycles. The number of para-hydroxylation sites is 3. The van der Waals surface area contributed by atoms with E-state index < -0.39 is 0 Å². The summed E-state index contributed by atoms with van der Waals surface area (Å²) in [5.41, 5.74) is 7.18. The van der Waals surface area contributed by atoms with E-state index in [1.54, 1.807) is 17.7 Å². The lowest BCUT2D eigenvalue weighted by Crippen LogP contribution is -1.96. The quantitative estimate of drug-likeness (QED) is 0.192. The minimum Gasteiger partial charge on any atom is -0.308 e. The van der Waals surface area contributed by atoms with Gasteiger partial charge in [0.25, 0.3) is 0 Å². The van der Waals surface area contributed by atoms with Crippen LogP contribution >= 0.6 is 22.7 Å². The van der Waals surface area contributed by atoms with Crippen molar-refractivity contribution in [2.45, 2.75) is 0 Å².